The van der Waals surface area contributed by atoms with Crippen LogP contribution in [-0.2, 0) is 23.4 Å². The lowest BCUT2D eigenvalue weighted by molar-refractivity contribution is -0.319. The van der Waals surface area contributed by atoms with Gasteiger partial charge in [0, 0.05) is 0 Å². The van der Waals surface area contributed by atoms with Crippen LogP contribution in [0, 0.1) is 0 Å². The van der Waals surface area contributed by atoms with Gasteiger partial charge in [-0.2, -0.15) is 0 Å². The van der Waals surface area contributed by atoms with Gasteiger partial charge in [0.15, 0.2) is 0 Å². The minimum absolute atomic E-state index is 0.0978. The fourth-order valence-electron chi connectivity index (χ4n) is 1.83. The van der Waals surface area contributed by atoms with E-state index in [2.05, 4.69) is 4.52 Å². The predicted octanol–water partition coefficient (Wildman–Crippen LogP) is 1.99. The summed E-state index contributed by atoms with van der Waals surface area (Å²) in [5.41, 5.74) is -0.112. The molecule has 1 aromatic carbocycles. The second-order valence-electron chi connectivity index (χ2n) is 4.28. The summed E-state index contributed by atoms with van der Waals surface area (Å²) < 4.78 is 26.2. The van der Waals surface area contributed by atoms with Gasteiger partial charge in [-0.25, -0.2) is 13.9 Å². The second-order valence-corrected chi connectivity index (χ2v) is 5.44. The van der Waals surface area contributed by atoms with Crippen LogP contribution in [-0.4, -0.2) is 40.0 Å². The topological polar surface area (TPSA) is 123 Å². The van der Waals surface area contributed by atoms with Crippen molar-refractivity contribution in [1.82, 2.24) is 0 Å². The Morgan fingerprint density at radius 3 is 2.09 bits per heavy atom. The second kappa shape index (κ2) is 8.35. The van der Waals surface area contributed by atoms with Crippen molar-refractivity contribution in [2.24, 2.45) is 0 Å². The summed E-state index contributed by atoms with van der Waals surface area (Å²) in [6.45, 7) is 2.83. The molecule has 0 saturated carbocycles. The third-order valence-corrected chi connectivity index (χ3v) is 3.06. The van der Waals surface area contributed by atoms with Gasteiger partial charge in [0.25, 0.3) is 0 Å². The molecule has 0 amide bonds. The maximum Gasteiger partial charge on any atom is 0.474 e. The van der Waals surface area contributed by atoms with Crippen molar-refractivity contribution in [2.45, 2.75) is 19.8 Å². The van der Waals surface area contributed by atoms with Gasteiger partial charge >= 0.3 is 19.8 Å². The molecule has 0 aliphatic rings. The van der Waals surface area contributed by atoms with Crippen molar-refractivity contribution < 1.29 is 38.3 Å². The molecule has 0 spiro atoms. The van der Waals surface area contributed by atoms with Gasteiger partial charge in [-0.15, -0.1) is 0 Å². The number of carboxylic acids is 1. The zero-order chi connectivity index (χ0) is 17.5. The molecule has 0 fully saturated rings. The number of phosphoric ester groups is 1. The molecule has 0 aliphatic carbocycles. The van der Waals surface area contributed by atoms with Crippen LogP contribution in [0.1, 0.15) is 19.4 Å². The smallest absolute Gasteiger partial charge is 0.474 e. The van der Waals surface area contributed by atoms with E-state index in [0.717, 1.165) is 0 Å². The Balaban J connectivity index is 3.46. The van der Waals surface area contributed by atoms with Crippen LogP contribution in [0.25, 0.3) is 6.08 Å². The van der Waals surface area contributed by atoms with Crippen molar-refractivity contribution in [3.63, 3.8) is 0 Å². The minimum Gasteiger partial charge on any atom is -0.478 e. The van der Waals surface area contributed by atoms with E-state index < -0.39 is 25.3 Å². The van der Waals surface area contributed by atoms with E-state index in [1.54, 1.807) is 30.3 Å². The van der Waals surface area contributed by atoms with Crippen LogP contribution in [0.4, 0.5) is 0 Å². The van der Waals surface area contributed by atoms with Crippen LogP contribution in [0.2, 0.25) is 0 Å². The molecule has 1 rings (SSSR count). The Morgan fingerprint density at radius 2 is 1.70 bits per heavy atom. The average molecular weight is 346 g/mol. The van der Waals surface area contributed by atoms with Crippen LogP contribution in [0.15, 0.2) is 35.9 Å². The zero-order valence-electron chi connectivity index (χ0n) is 12.7. The number of rotatable bonds is 9. The molecule has 0 heterocycles. The summed E-state index contributed by atoms with van der Waals surface area (Å²) in [5, 5.41) is 9.46. The predicted molar refractivity (Wildman–Crippen MR) is 81.2 cm³/mol. The average Bonchev–Trinajstić information content (AvgIpc) is 2.44. The Bertz CT molecular complexity index is 586. The van der Waals surface area contributed by atoms with E-state index >= 15 is 0 Å². The maximum atomic E-state index is 11.6. The molecule has 0 bridgehead atoms. The first-order valence-electron chi connectivity index (χ1n) is 6.78. The molecular formula is C14H19O8P. The summed E-state index contributed by atoms with van der Waals surface area (Å²) in [5.74, 6) is -4.02. The molecular weight excluding hydrogens is 327 g/mol. The number of hydrogen-bond donors (Lipinski definition) is 3. The normalized spacial score (nSPS) is 13.1. The highest BCUT2D eigenvalue weighted by atomic mass is 31.2. The van der Waals surface area contributed by atoms with E-state index in [9.17, 15) is 14.5 Å². The molecule has 0 atom stereocenters. The Morgan fingerprint density at radius 1 is 1.17 bits per heavy atom. The van der Waals surface area contributed by atoms with Gasteiger partial charge in [-0.1, -0.05) is 30.3 Å². The van der Waals surface area contributed by atoms with Crippen LogP contribution in [0.5, 0.6) is 0 Å². The molecule has 0 radical (unpaired) electrons. The summed E-state index contributed by atoms with van der Waals surface area (Å²) >= 11 is 0. The standard InChI is InChI=1S/C14H19O8P/c1-3-20-14(21-4-2,22-23(17,18)19)12(13(15)16)10-11-8-6-5-7-9-11/h5-10H,3-4H2,1-2H3,(H,15,16)(H2,17,18,19). The van der Waals surface area contributed by atoms with Gasteiger partial charge in [0.1, 0.15) is 5.57 Å². The third kappa shape index (κ3) is 5.87. The monoisotopic (exact) mass is 346 g/mol. The van der Waals surface area contributed by atoms with Gasteiger partial charge in [-0.05, 0) is 25.5 Å². The van der Waals surface area contributed by atoms with Crippen molar-refractivity contribution in [2.75, 3.05) is 13.2 Å². The van der Waals surface area contributed by atoms with E-state index in [4.69, 9.17) is 19.3 Å². The molecule has 9 heteroatoms. The fraction of sp³-hybridized carbons (Fsp3) is 0.357. The van der Waals surface area contributed by atoms with Gasteiger partial charge in [-0.3, -0.25) is 0 Å². The molecule has 1 aromatic rings. The summed E-state index contributed by atoms with van der Waals surface area (Å²) in [6.07, 6.45) is 1.17. The van der Waals surface area contributed by atoms with E-state index in [-0.39, 0.29) is 13.2 Å². The Hall–Kier alpha value is -1.54. The lowest BCUT2D eigenvalue weighted by atomic mass is 10.1. The largest absolute Gasteiger partial charge is 0.478 e. The lowest BCUT2D eigenvalue weighted by Gasteiger charge is -2.32. The molecule has 0 aliphatic heterocycles. The number of phosphoric acid groups is 1. The number of benzene rings is 1. The molecule has 3 N–H and O–H groups in total. The summed E-state index contributed by atoms with van der Waals surface area (Å²) in [4.78, 5) is 29.8. The molecule has 0 saturated heterocycles. The van der Waals surface area contributed by atoms with E-state index in [0.29, 0.717) is 5.56 Å². The van der Waals surface area contributed by atoms with Crippen molar-refractivity contribution >= 4 is 19.9 Å². The first-order valence-corrected chi connectivity index (χ1v) is 8.32. The molecule has 23 heavy (non-hydrogen) atoms. The molecule has 0 aromatic heterocycles. The minimum atomic E-state index is -5.10. The first-order chi connectivity index (χ1) is 10.7. The fourth-order valence-corrected chi connectivity index (χ4v) is 2.35. The number of hydrogen-bond acceptors (Lipinski definition) is 5. The summed E-state index contributed by atoms with van der Waals surface area (Å²) in [6, 6.07) is 8.32. The van der Waals surface area contributed by atoms with Gasteiger partial charge in [0.2, 0.25) is 0 Å². The van der Waals surface area contributed by atoms with Gasteiger partial charge < -0.3 is 24.4 Å². The van der Waals surface area contributed by atoms with E-state index in [1.165, 1.54) is 19.9 Å². The molecule has 128 valence electrons. The quantitative estimate of drug-likeness (QED) is 0.352. The van der Waals surface area contributed by atoms with E-state index in [1.807, 2.05) is 0 Å². The maximum absolute atomic E-state index is 11.6. The summed E-state index contributed by atoms with van der Waals surface area (Å²) in [7, 11) is -5.10. The number of carboxylic acid groups (broad SMARTS) is 1. The first kappa shape index (κ1) is 19.5. The SMILES string of the molecule is CCOC(OCC)(OP(=O)(O)O)C(=Cc1ccccc1)C(=O)O. The zero-order valence-corrected chi connectivity index (χ0v) is 13.6. The lowest BCUT2D eigenvalue weighted by Crippen LogP contribution is -2.43. The molecule has 0 unspecified atom stereocenters. The van der Waals surface area contributed by atoms with Crippen molar-refractivity contribution in [3.05, 3.63) is 41.5 Å². The highest BCUT2D eigenvalue weighted by molar-refractivity contribution is 7.46. The van der Waals surface area contributed by atoms with Crippen molar-refractivity contribution in [3.8, 4) is 0 Å². The highest BCUT2D eigenvalue weighted by Crippen LogP contribution is 2.45. The van der Waals surface area contributed by atoms with Crippen molar-refractivity contribution in [1.29, 1.82) is 0 Å². The Kier molecular flexibility index (Phi) is 7.08. The van der Waals surface area contributed by atoms with Crippen LogP contribution in [0.3, 0.4) is 0 Å². The van der Waals surface area contributed by atoms with Gasteiger partial charge in [0.05, 0.1) is 13.2 Å². The number of ether oxygens (including phenoxy) is 2. The highest BCUT2D eigenvalue weighted by Gasteiger charge is 2.47. The molecule has 8 nitrogen and oxygen atoms in total. The van der Waals surface area contributed by atoms with Crippen LogP contribution >= 0.6 is 7.82 Å². The number of carbonyl (C=O) groups is 1. The van der Waals surface area contributed by atoms with Crippen LogP contribution < -0.4 is 0 Å². The Labute approximate surface area is 133 Å². The third-order valence-electron chi connectivity index (χ3n) is 2.58. The number of aliphatic carboxylic acids is 1.